The van der Waals surface area contributed by atoms with E-state index in [4.69, 9.17) is 27.9 Å². The normalized spacial score (nSPS) is 10.0. The predicted octanol–water partition coefficient (Wildman–Crippen LogP) is 3.06. The highest BCUT2D eigenvalue weighted by Gasteiger charge is 2.16. The summed E-state index contributed by atoms with van der Waals surface area (Å²) >= 11 is 10.7. The first kappa shape index (κ1) is 15.2. The number of rotatable bonds is 4. The Labute approximate surface area is 129 Å². The van der Waals surface area contributed by atoms with Gasteiger partial charge in [0.2, 0.25) is 0 Å². The fraction of sp³-hybridized carbons (Fsp3) is 0. The van der Waals surface area contributed by atoms with Crippen molar-refractivity contribution in [3.63, 3.8) is 0 Å². The van der Waals surface area contributed by atoms with Crippen LogP contribution >= 0.6 is 23.2 Å². The molecule has 2 aromatic rings. The molecule has 0 aliphatic rings. The van der Waals surface area contributed by atoms with Gasteiger partial charge in [-0.25, -0.2) is 4.79 Å². The van der Waals surface area contributed by atoms with Gasteiger partial charge in [0.15, 0.2) is 0 Å². The Balaban J connectivity index is 2.36. The molecule has 0 aliphatic heterocycles. The van der Waals surface area contributed by atoms with Gasteiger partial charge in [-0.1, -0.05) is 0 Å². The van der Waals surface area contributed by atoms with Gasteiger partial charge in [-0.2, -0.15) is 0 Å². The summed E-state index contributed by atoms with van der Waals surface area (Å²) in [5.41, 5.74) is -0.0723. The molecule has 1 heterocycles. The number of ether oxygens (including phenoxy) is 1. The number of carbonyl (C=O) groups excluding carboxylic acids is 3. The summed E-state index contributed by atoms with van der Waals surface area (Å²) in [5, 5.41) is -1.63. The lowest BCUT2D eigenvalue weighted by Crippen LogP contribution is -2.11. The Bertz CT molecular complexity index is 684. The van der Waals surface area contributed by atoms with Crippen molar-refractivity contribution in [2.75, 3.05) is 0 Å². The smallest absolute Gasteiger partial charge is 0.343 e. The Hall–Kier alpha value is -2.24. The van der Waals surface area contributed by atoms with E-state index in [1.165, 1.54) is 36.7 Å². The molecule has 0 aliphatic carbocycles. The van der Waals surface area contributed by atoms with E-state index in [0.717, 1.165) is 0 Å². The Morgan fingerprint density at radius 3 is 2.00 bits per heavy atom. The number of esters is 1. The molecule has 2 rings (SSSR count). The molecule has 0 radical (unpaired) electrons. The Morgan fingerprint density at radius 2 is 1.52 bits per heavy atom. The maximum atomic E-state index is 12.0. The third-order valence-corrected chi connectivity index (χ3v) is 2.90. The first-order valence-corrected chi connectivity index (χ1v) is 6.40. The fourth-order valence-electron chi connectivity index (χ4n) is 1.55. The van der Waals surface area contributed by atoms with Crippen molar-refractivity contribution in [2.24, 2.45) is 0 Å². The number of hydrogen-bond acceptors (Lipinski definition) is 5. The molecule has 0 unspecified atom stereocenters. The lowest BCUT2D eigenvalue weighted by molar-refractivity contribution is 0.0734. The van der Waals surface area contributed by atoms with Gasteiger partial charge in [0.1, 0.15) is 5.75 Å². The second-order valence-corrected chi connectivity index (χ2v) is 4.61. The molecule has 0 N–H and O–H groups in total. The number of aromatic nitrogens is 1. The predicted molar refractivity (Wildman–Crippen MR) is 76.0 cm³/mol. The van der Waals surface area contributed by atoms with Crippen LogP contribution in [0.5, 0.6) is 5.75 Å². The molecule has 1 aromatic heterocycles. The van der Waals surface area contributed by atoms with Crippen molar-refractivity contribution in [2.45, 2.75) is 0 Å². The zero-order chi connectivity index (χ0) is 15.4. The van der Waals surface area contributed by atoms with E-state index in [1.54, 1.807) is 6.07 Å². The maximum Gasteiger partial charge on any atom is 0.343 e. The molecule has 7 heteroatoms. The molecule has 106 valence electrons. The van der Waals surface area contributed by atoms with Crippen LogP contribution < -0.4 is 4.74 Å². The van der Waals surface area contributed by atoms with Gasteiger partial charge >= 0.3 is 5.97 Å². The molecule has 0 saturated carbocycles. The van der Waals surface area contributed by atoms with Crippen LogP contribution in [0.1, 0.15) is 31.1 Å². The van der Waals surface area contributed by atoms with E-state index in [0.29, 0.717) is 0 Å². The van der Waals surface area contributed by atoms with Gasteiger partial charge in [0, 0.05) is 17.3 Å². The Kier molecular flexibility index (Phi) is 4.67. The quantitative estimate of drug-likeness (QED) is 0.638. The van der Waals surface area contributed by atoms with Gasteiger partial charge in [-0.15, -0.1) is 0 Å². The zero-order valence-corrected chi connectivity index (χ0v) is 11.9. The van der Waals surface area contributed by atoms with Crippen LogP contribution in [0, 0.1) is 0 Å². The molecular formula is C14H7Cl2NO4. The third kappa shape index (κ3) is 3.87. The topological polar surface area (TPSA) is 73.3 Å². The van der Waals surface area contributed by atoms with Crippen LogP contribution in [0.2, 0.25) is 0 Å². The zero-order valence-electron chi connectivity index (χ0n) is 10.4. The highest BCUT2D eigenvalue weighted by Crippen LogP contribution is 2.17. The van der Waals surface area contributed by atoms with Crippen LogP contribution in [0.25, 0.3) is 0 Å². The summed E-state index contributed by atoms with van der Waals surface area (Å²) in [4.78, 5) is 38.2. The number of carbonyl (C=O) groups is 3. The van der Waals surface area contributed by atoms with Gasteiger partial charge in [0.05, 0.1) is 11.8 Å². The minimum absolute atomic E-state index is 0.0191. The molecule has 0 bridgehead atoms. The van der Waals surface area contributed by atoms with Gasteiger partial charge in [0.25, 0.3) is 10.5 Å². The minimum atomic E-state index is -0.815. The fourth-order valence-corrected chi connectivity index (χ4v) is 1.76. The Morgan fingerprint density at radius 1 is 0.952 bits per heavy atom. The average molecular weight is 324 g/mol. The van der Waals surface area contributed by atoms with Crippen molar-refractivity contribution in [3.05, 3.63) is 59.4 Å². The second-order valence-electron chi connectivity index (χ2n) is 3.92. The summed E-state index contributed by atoms with van der Waals surface area (Å²) in [5.74, 6) is -0.536. The lowest BCUT2D eigenvalue weighted by Gasteiger charge is -2.06. The molecular weight excluding hydrogens is 317 g/mol. The van der Waals surface area contributed by atoms with Gasteiger partial charge in [-0.3, -0.25) is 14.6 Å². The van der Waals surface area contributed by atoms with Crippen molar-refractivity contribution in [1.29, 1.82) is 0 Å². The first-order valence-electron chi connectivity index (χ1n) is 5.64. The molecule has 21 heavy (non-hydrogen) atoms. The van der Waals surface area contributed by atoms with E-state index in [2.05, 4.69) is 4.98 Å². The first-order chi connectivity index (χ1) is 9.97. The number of hydrogen-bond donors (Lipinski definition) is 0. The minimum Gasteiger partial charge on any atom is -0.421 e. The summed E-state index contributed by atoms with van der Waals surface area (Å²) < 4.78 is 5.06. The van der Waals surface area contributed by atoms with Crippen LogP contribution in [0.4, 0.5) is 0 Å². The van der Waals surface area contributed by atoms with Crippen LogP contribution in [0.15, 0.2) is 42.7 Å². The monoisotopic (exact) mass is 323 g/mol. The van der Waals surface area contributed by atoms with E-state index >= 15 is 0 Å². The number of pyridine rings is 1. The van der Waals surface area contributed by atoms with Crippen LogP contribution in [-0.4, -0.2) is 21.4 Å². The number of halogens is 2. The average Bonchev–Trinajstić information content (AvgIpc) is 2.47. The van der Waals surface area contributed by atoms with E-state index in [9.17, 15) is 14.4 Å². The third-order valence-electron chi connectivity index (χ3n) is 2.47. The molecule has 1 aromatic carbocycles. The molecule has 0 spiro atoms. The van der Waals surface area contributed by atoms with Crippen molar-refractivity contribution in [1.82, 2.24) is 4.98 Å². The standard InChI is InChI=1S/C14H7Cl2NO4/c15-12(18)8-4-9(13(16)19)6-10(5-8)14(20)21-11-2-1-3-17-7-11/h1-7H. The van der Waals surface area contributed by atoms with Crippen molar-refractivity contribution < 1.29 is 19.1 Å². The summed E-state index contributed by atoms with van der Waals surface area (Å²) in [7, 11) is 0. The van der Waals surface area contributed by atoms with Gasteiger partial charge in [-0.05, 0) is 53.5 Å². The van der Waals surface area contributed by atoms with E-state index in [1.807, 2.05) is 0 Å². The highest BCUT2D eigenvalue weighted by atomic mass is 35.5. The molecule has 5 nitrogen and oxygen atoms in total. The maximum absolute atomic E-state index is 12.0. The second kappa shape index (κ2) is 6.47. The highest BCUT2D eigenvalue weighted by molar-refractivity contribution is 6.69. The summed E-state index contributed by atoms with van der Waals surface area (Å²) in [6.07, 6.45) is 2.87. The molecule has 0 atom stereocenters. The summed E-state index contributed by atoms with van der Waals surface area (Å²) in [6, 6.07) is 6.77. The number of benzene rings is 1. The van der Waals surface area contributed by atoms with E-state index < -0.39 is 16.5 Å². The largest absolute Gasteiger partial charge is 0.421 e. The van der Waals surface area contributed by atoms with Crippen LogP contribution in [-0.2, 0) is 0 Å². The van der Waals surface area contributed by atoms with Crippen molar-refractivity contribution >= 4 is 39.7 Å². The van der Waals surface area contributed by atoms with E-state index in [-0.39, 0.29) is 22.4 Å². The van der Waals surface area contributed by atoms with Crippen molar-refractivity contribution in [3.8, 4) is 5.75 Å². The lowest BCUT2D eigenvalue weighted by atomic mass is 10.1. The molecule has 0 fully saturated rings. The SMILES string of the molecule is O=C(Cl)c1cc(C(=O)Cl)cc(C(=O)Oc2cccnc2)c1. The van der Waals surface area contributed by atoms with Crippen LogP contribution in [0.3, 0.4) is 0 Å². The number of nitrogens with zero attached hydrogens (tertiary/aromatic N) is 1. The van der Waals surface area contributed by atoms with Gasteiger partial charge < -0.3 is 4.74 Å². The summed E-state index contributed by atoms with van der Waals surface area (Å²) in [6.45, 7) is 0. The molecule has 0 amide bonds. The molecule has 0 saturated heterocycles.